The van der Waals surface area contributed by atoms with Gasteiger partial charge in [0.15, 0.2) is 6.10 Å². The summed E-state index contributed by atoms with van der Waals surface area (Å²) in [5.74, 6) is -0.0955. The van der Waals surface area contributed by atoms with Gasteiger partial charge in [0.05, 0.1) is 0 Å². The van der Waals surface area contributed by atoms with Gasteiger partial charge >= 0.3 is 17.9 Å². The van der Waals surface area contributed by atoms with E-state index in [4.69, 9.17) is 14.2 Å². The molecule has 0 spiro atoms. The van der Waals surface area contributed by atoms with Gasteiger partial charge in [-0.3, -0.25) is 14.4 Å². The van der Waals surface area contributed by atoms with E-state index in [0.717, 1.165) is 63.7 Å². The number of hydrogen-bond donors (Lipinski definition) is 0. The molecule has 0 rings (SSSR count). The molecule has 0 bridgehead atoms. The predicted molar refractivity (Wildman–Crippen MR) is 233 cm³/mol. The lowest BCUT2D eigenvalue weighted by Gasteiger charge is -2.18. The number of ether oxygens (including phenoxy) is 3. The molecule has 0 aliphatic rings. The fourth-order valence-corrected chi connectivity index (χ4v) is 7.33. The maximum absolute atomic E-state index is 12.7. The minimum atomic E-state index is -0.760. The van der Waals surface area contributed by atoms with E-state index in [1.165, 1.54) is 167 Å². The third-order valence-corrected chi connectivity index (χ3v) is 11.0. The third kappa shape index (κ3) is 43.4. The fourth-order valence-electron chi connectivity index (χ4n) is 7.33. The molecule has 0 saturated heterocycles. The van der Waals surface area contributed by atoms with E-state index in [-0.39, 0.29) is 31.1 Å². The number of carbonyl (C=O) groups excluding carboxylic acids is 3. The van der Waals surface area contributed by atoms with Gasteiger partial charge in [0.2, 0.25) is 0 Å². The van der Waals surface area contributed by atoms with Crippen LogP contribution >= 0.6 is 0 Å². The van der Waals surface area contributed by atoms with Crippen molar-refractivity contribution in [1.82, 2.24) is 0 Å². The molecule has 6 nitrogen and oxygen atoms in total. The molecule has 0 fully saturated rings. The van der Waals surface area contributed by atoms with Gasteiger partial charge in [-0.1, -0.05) is 233 Å². The van der Waals surface area contributed by atoms with Crippen LogP contribution in [0.25, 0.3) is 0 Å². The molecule has 0 aromatic carbocycles. The largest absolute Gasteiger partial charge is 0.462 e. The van der Waals surface area contributed by atoms with E-state index in [1.807, 2.05) is 0 Å². The second-order valence-corrected chi connectivity index (χ2v) is 17.2. The zero-order valence-electron chi connectivity index (χ0n) is 37.4. The second-order valence-electron chi connectivity index (χ2n) is 17.2. The van der Waals surface area contributed by atoms with Gasteiger partial charge in [-0.25, -0.2) is 0 Å². The van der Waals surface area contributed by atoms with Gasteiger partial charge in [0, 0.05) is 19.3 Å². The summed E-state index contributed by atoms with van der Waals surface area (Å²) >= 11 is 0. The smallest absolute Gasteiger partial charge is 0.306 e. The summed E-state index contributed by atoms with van der Waals surface area (Å²) in [5.41, 5.74) is 0. The lowest BCUT2D eigenvalue weighted by atomic mass is 10.0. The molecule has 0 N–H and O–H groups in total. The van der Waals surface area contributed by atoms with E-state index in [0.29, 0.717) is 19.3 Å². The van der Waals surface area contributed by atoms with Crippen molar-refractivity contribution >= 4 is 17.9 Å². The highest BCUT2D eigenvalue weighted by Gasteiger charge is 2.19. The summed E-state index contributed by atoms with van der Waals surface area (Å²) in [7, 11) is 0. The Morgan fingerprint density at radius 1 is 0.345 bits per heavy atom. The van der Waals surface area contributed by atoms with Crippen molar-refractivity contribution < 1.29 is 28.6 Å². The van der Waals surface area contributed by atoms with Gasteiger partial charge in [-0.15, -0.1) is 0 Å². The number of carbonyl (C=O) groups is 3. The molecular formula is C49H94O6. The quantitative estimate of drug-likeness (QED) is 0.0348. The number of hydrogen-bond acceptors (Lipinski definition) is 6. The Labute approximate surface area is 342 Å². The van der Waals surface area contributed by atoms with Crippen molar-refractivity contribution in [2.45, 2.75) is 278 Å². The number of esters is 3. The lowest BCUT2D eigenvalue weighted by Crippen LogP contribution is -2.30. The van der Waals surface area contributed by atoms with Gasteiger partial charge in [-0.2, -0.15) is 0 Å². The van der Waals surface area contributed by atoms with Crippen LogP contribution in [0.4, 0.5) is 0 Å². The van der Waals surface area contributed by atoms with Crippen molar-refractivity contribution in [3.05, 3.63) is 0 Å². The fraction of sp³-hybridized carbons (Fsp3) is 0.939. The summed E-state index contributed by atoms with van der Waals surface area (Å²) in [5, 5.41) is 0. The van der Waals surface area contributed by atoms with Gasteiger partial charge < -0.3 is 14.2 Å². The van der Waals surface area contributed by atoms with E-state index >= 15 is 0 Å². The second kappa shape index (κ2) is 43.5. The van der Waals surface area contributed by atoms with Crippen LogP contribution in [-0.4, -0.2) is 37.2 Å². The molecule has 0 aromatic rings. The van der Waals surface area contributed by atoms with E-state index < -0.39 is 6.10 Å². The Kier molecular flexibility index (Phi) is 42.3. The first-order valence-corrected chi connectivity index (χ1v) is 24.4. The summed E-state index contributed by atoms with van der Waals surface area (Å²) in [6.07, 6.45) is 43.8. The Morgan fingerprint density at radius 3 is 0.891 bits per heavy atom. The van der Waals surface area contributed by atoms with Crippen LogP contribution in [0, 0.1) is 5.92 Å². The van der Waals surface area contributed by atoms with Crippen LogP contribution in [0.15, 0.2) is 0 Å². The Hall–Kier alpha value is -1.59. The highest BCUT2D eigenvalue weighted by atomic mass is 16.6. The molecule has 0 radical (unpaired) electrons. The molecule has 0 unspecified atom stereocenters. The summed E-state index contributed by atoms with van der Waals surface area (Å²) in [6, 6.07) is 0. The number of rotatable bonds is 44. The first kappa shape index (κ1) is 53.4. The minimum Gasteiger partial charge on any atom is -0.462 e. The Morgan fingerprint density at radius 2 is 0.600 bits per heavy atom. The van der Waals surface area contributed by atoms with Crippen LogP contribution in [0.1, 0.15) is 272 Å². The van der Waals surface area contributed by atoms with Gasteiger partial charge in [0.25, 0.3) is 0 Å². The normalized spacial score (nSPS) is 11.9. The van der Waals surface area contributed by atoms with Crippen LogP contribution < -0.4 is 0 Å². The monoisotopic (exact) mass is 779 g/mol. The zero-order valence-corrected chi connectivity index (χ0v) is 37.4. The van der Waals surface area contributed by atoms with Crippen molar-refractivity contribution in [3.63, 3.8) is 0 Å². The Balaban J connectivity index is 4.25. The van der Waals surface area contributed by atoms with Crippen molar-refractivity contribution in [2.24, 2.45) is 5.92 Å². The summed E-state index contributed by atoms with van der Waals surface area (Å²) in [6.45, 7) is 8.94. The molecule has 0 saturated carbocycles. The van der Waals surface area contributed by atoms with Crippen LogP contribution in [-0.2, 0) is 28.6 Å². The summed E-state index contributed by atoms with van der Waals surface area (Å²) in [4.78, 5) is 37.7. The van der Waals surface area contributed by atoms with Gasteiger partial charge in [-0.05, 0) is 25.2 Å². The van der Waals surface area contributed by atoms with Gasteiger partial charge in [0.1, 0.15) is 13.2 Å². The van der Waals surface area contributed by atoms with E-state index in [1.54, 1.807) is 0 Å². The molecule has 55 heavy (non-hydrogen) atoms. The lowest BCUT2D eigenvalue weighted by molar-refractivity contribution is -0.167. The highest BCUT2D eigenvalue weighted by molar-refractivity contribution is 5.71. The number of unbranched alkanes of at least 4 members (excludes halogenated alkanes) is 31. The molecule has 0 amide bonds. The average molecular weight is 779 g/mol. The van der Waals surface area contributed by atoms with Crippen LogP contribution in [0.3, 0.4) is 0 Å². The molecule has 0 aromatic heterocycles. The van der Waals surface area contributed by atoms with Crippen LogP contribution in [0.5, 0.6) is 0 Å². The van der Waals surface area contributed by atoms with Crippen molar-refractivity contribution in [3.8, 4) is 0 Å². The standard InChI is InChI=1S/C49H94O6/c1-5-7-9-11-13-15-17-19-20-21-22-24-26-28-33-37-41-48(51)54-44-46(55-49(52)42-38-34-30-29-31-35-39-45(3)4)43-53-47(50)40-36-32-27-25-23-18-16-14-12-10-8-6-2/h45-46H,5-44H2,1-4H3/t46-/m0/s1. The molecule has 0 aliphatic carbocycles. The molecular weight excluding hydrogens is 685 g/mol. The average Bonchev–Trinajstić information content (AvgIpc) is 3.17. The van der Waals surface area contributed by atoms with E-state index in [2.05, 4.69) is 27.7 Å². The van der Waals surface area contributed by atoms with E-state index in [9.17, 15) is 14.4 Å². The first-order chi connectivity index (χ1) is 26.9. The molecule has 326 valence electrons. The third-order valence-electron chi connectivity index (χ3n) is 11.0. The first-order valence-electron chi connectivity index (χ1n) is 24.4. The zero-order chi connectivity index (χ0) is 40.3. The molecule has 0 aliphatic heterocycles. The van der Waals surface area contributed by atoms with Crippen molar-refractivity contribution in [1.29, 1.82) is 0 Å². The molecule has 0 heterocycles. The topological polar surface area (TPSA) is 78.9 Å². The van der Waals surface area contributed by atoms with Crippen LogP contribution in [0.2, 0.25) is 0 Å². The maximum Gasteiger partial charge on any atom is 0.306 e. The predicted octanol–water partition coefficient (Wildman–Crippen LogP) is 15.5. The summed E-state index contributed by atoms with van der Waals surface area (Å²) < 4.78 is 16.7. The molecule has 6 heteroatoms. The minimum absolute atomic E-state index is 0.0643. The maximum atomic E-state index is 12.7. The van der Waals surface area contributed by atoms with Crippen molar-refractivity contribution in [2.75, 3.05) is 13.2 Å². The highest BCUT2D eigenvalue weighted by Crippen LogP contribution is 2.16. The molecule has 1 atom stereocenters. The SMILES string of the molecule is CCCCCCCCCCCCCCCCCCC(=O)OC[C@H](COC(=O)CCCCCCCCCCCCCC)OC(=O)CCCCCCCCC(C)C. The Bertz CT molecular complexity index is 826.